The van der Waals surface area contributed by atoms with E-state index in [2.05, 4.69) is 78.9 Å². The summed E-state index contributed by atoms with van der Waals surface area (Å²) in [6, 6.07) is 51.6. The zero-order chi connectivity index (χ0) is 31.6. The molecule has 10 aromatic rings. The van der Waals surface area contributed by atoms with E-state index in [1.807, 2.05) is 72.8 Å². The number of hydrogen-bond donors (Lipinski definition) is 0. The van der Waals surface area contributed by atoms with Crippen molar-refractivity contribution in [3.8, 4) is 45.3 Å². The minimum absolute atomic E-state index is 0.589. The van der Waals surface area contributed by atoms with E-state index >= 15 is 0 Å². The molecule has 10 rings (SSSR count). The van der Waals surface area contributed by atoms with E-state index in [4.69, 9.17) is 23.8 Å². The molecule has 0 amide bonds. The summed E-state index contributed by atoms with van der Waals surface area (Å²) in [5.41, 5.74) is 8.30. The van der Waals surface area contributed by atoms with Gasteiger partial charge in [-0.2, -0.15) is 0 Å². The monoisotopic (exact) mass is 615 g/mol. The summed E-state index contributed by atoms with van der Waals surface area (Å²) >= 11 is 0. The molecule has 0 atom stereocenters. The van der Waals surface area contributed by atoms with Gasteiger partial charge in [0.2, 0.25) is 0 Å². The predicted octanol–water partition coefficient (Wildman–Crippen LogP) is 11.5. The van der Waals surface area contributed by atoms with Crippen molar-refractivity contribution in [2.75, 3.05) is 0 Å². The lowest BCUT2D eigenvalue weighted by Gasteiger charge is -2.10. The Kier molecular flexibility index (Phi) is 5.81. The molecule has 224 valence electrons. The fourth-order valence-corrected chi connectivity index (χ4v) is 6.85. The Hall–Kier alpha value is -6.59. The molecular weight excluding hydrogens is 590 g/mol. The molecular formula is C43H25N3O2. The maximum Gasteiger partial charge on any atom is 0.164 e. The standard InChI is InChI=1S/C43H25N3O2/c1-3-10-26(11-4-1)29-20-22-32-38(25-29)48-36-17-9-15-33(39(32)36)43-45-41(28-12-5-2-6-13-28)44-42(46-43)30-19-18-27-21-23-37-40(34(27)24-30)31-14-7-8-16-35(31)47-37/h1-25H. The van der Waals surface area contributed by atoms with Crippen molar-refractivity contribution in [1.82, 2.24) is 15.0 Å². The summed E-state index contributed by atoms with van der Waals surface area (Å²) in [5, 5.41) is 6.39. The molecule has 5 heteroatoms. The lowest BCUT2D eigenvalue weighted by atomic mass is 10.0. The highest BCUT2D eigenvalue weighted by atomic mass is 16.3. The Morgan fingerprint density at radius 2 is 0.958 bits per heavy atom. The first-order valence-electron chi connectivity index (χ1n) is 15.9. The molecule has 48 heavy (non-hydrogen) atoms. The molecule has 0 spiro atoms. The quantitative estimate of drug-likeness (QED) is 0.197. The molecule has 0 N–H and O–H groups in total. The fraction of sp³-hybridized carbons (Fsp3) is 0. The molecule has 0 aliphatic carbocycles. The highest BCUT2D eigenvalue weighted by Crippen LogP contribution is 2.39. The van der Waals surface area contributed by atoms with E-state index < -0.39 is 0 Å². The summed E-state index contributed by atoms with van der Waals surface area (Å²) in [4.78, 5) is 15.3. The Balaban J connectivity index is 1.20. The molecule has 0 saturated heterocycles. The Bertz CT molecular complexity index is 2840. The van der Waals surface area contributed by atoms with Gasteiger partial charge in [0.05, 0.1) is 0 Å². The predicted molar refractivity (Wildman–Crippen MR) is 194 cm³/mol. The van der Waals surface area contributed by atoms with Crippen molar-refractivity contribution in [2.45, 2.75) is 0 Å². The number of para-hydroxylation sites is 1. The molecule has 0 aliphatic rings. The number of benzene rings is 7. The fourth-order valence-electron chi connectivity index (χ4n) is 6.85. The zero-order valence-electron chi connectivity index (χ0n) is 25.6. The van der Waals surface area contributed by atoms with Crippen molar-refractivity contribution < 1.29 is 8.83 Å². The average molecular weight is 616 g/mol. The van der Waals surface area contributed by atoms with Crippen LogP contribution in [0.3, 0.4) is 0 Å². The van der Waals surface area contributed by atoms with Crippen LogP contribution in [0.4, 0.5) is 0 Å². The number of nitrogens with zero attached hydrogens (tertiary/aromatic N) is 3. The molecule has 5 nitrogen and oxygen atoms in total. The number of hydrogen-bond acceptors (Lipinski definition) is 5. The van der Waals surface area contributed by atoms with Gasteiger partial charge in [0, 0.05) is 38.2 Å². The Morgan fingerprint density at radius 1 is 0.333 bits per heavy atom. The molecule has 0 aliphatic heterocycles. The van der Waals surface area contributed by atoms with Crippen LogP contribution in [0.1, 0.15) is 0 Å². The third-order valence-electron chi connectivity index (χ3n) is 9.13. The summed E-state index contributed by atoms with van der Waals surface area (Å²) < 4.78 is 12.7. The Labute approximate surface area is 274 Å². The molecule has 0 bridgehead atoms. The van der Waals surface area contributed by atoms with Crippen molar-refractivity contribution in [2.24, 2.45) is 0 Å². The van der Waals surface area contributed by atoms with Gasteiger partial charge in [0.15, 0.2) is 17.5 Å². The maximum absolute atomic E-state index is 6.44. The van der Waals surface area contributed by atoms with Crippen LogP contribution in [0, 0.1) is 0 Å². The first-order chi connectivity index (χ1) is 23.8. The highest BCUT2D eigenvalue weighted by Gasteiger charge is 2.19. The molecule has 3 heterocycles. The smallest absolute Gasteiger partial charge is 0.164 e. The average Bonchev–Trinajstić information content (AvgIpc) is 3.73. The summed E-state index contributed by atoms with van der Waals surface area (Å²) in [5.74, 6) is 1.80. The van der Waals surface area contributed by atoms with Crippen LogP contribution >= 0.6 is 0 Å². The molecule has 0 radical (unpaired) electrons. The second kappa shape index (κ2) is 10.5. The van der Waals surface area contributed by atoms with Gasteiger partial charge in [0.1, 0.15) is 22.3 Å². The number of fused-ring (bicyclic) bond motifs is 8. The number of furan rings is 2. The van der Waals surface area contributed by atoms with Gasteiger partial charge in [-0.3, -0.25) is 0 Å². The van der Waals surface area contributed by atoms with E-state index in [9.17, 15) is 0 Å². The lowest BCUT2D eigenvalue weighted by Crippen LogP contribution is -2.00. The summed E-state index contributed by atoms with van der Waals surface area (Å²) in [7, 11) is 0. The molecule has 0 saturated carbocycles. The lowest BCUT2D eigenvalue weighted by molar-refractivity contribution is 0.669. The van der Waals surface area contributed by atoms with Crippen LogP contribution in [-0.2, 0) is 0 Å². The second-order valence-electron chi connectivity index (χ2n) is 12.0. The van der Waals surface area contributed by atoms with E-state index in [0.717, 1.165) is 82.5 Å². The van der Waals surface area contributed by atoms with E-state index in [1.54, 1.807) is 0 Å². The van der Waals surface area contributed by atoms with Crippen LogP contribution in [-0.4, -0.2) is 15.0 Å². The van der Waals surface area contributed by atoms with Crippen LogP contribution in [0.25, 0.3) is 99.9 Å². The van der Waals surface area contributed by atoms with Crippen molar-refractivity contribution in [3.63, 3.8) is 0 Å². The van der Waals surface area contributed by atoms with E-state index in [1.165, 1.54) is 0 Å². The van der Waals surface area contributed by atoms with Crippen molar-refractivity contribution in [3.05, 3.63) is 152 Å². The topological polar surface area (TPSA) is 65.0 Å². The van der Waals surface area contributed by atoms with Crippen LogP contribution < -0.4 is 0 Å². The molecule has 7 aromatic carbocycles. The zero-order valence-corrected chi connectivity index (χ0v) is 25.6. The van der Waals surface area contributed by atoms with Crippen molar-refractivity contribution >= 4 is 54.6 Å². The second-order valence-corrected chi connectivity index (χ2v) is 12.0. The van der Waals surface area contributed by atoms with Gasteiger partial charge in [0.25, 0.3) is 0 Å². The third kappa shape index (κ3) is 4.22. The normalized spacial score (nSPS) is 11.8. The van der Waals surface area contributed by atoms with Gasteiger partial charge in [-0.05, 0) is 58.3 Å². The summed E-state index contributed by atoms with van der Waals surface area (Å²) in [6.07, 6.45) is 0. The maximum atomic E-state index is 6.44. The minimum Gasteiger partial charge on any atom is -0.456 e. The van der Waals surface area contributed by atoms with Crippen LogP contribution in [0.2, 0.25) is 0 Å². The minimum atomic E-state index is 0.589. The first-order valence-corrected chi connectivity index (χ1v) is 15.9. The third-order valence-corrected chi connectivity index (χ3v) is 9.13. The van der Waals surface area contributed by atoms with Gasteiger partial charge < -0.3 is 8.83 Å². The Morgan fingerprint density at radius 3 is 1.81 bits per heavy atom. The number of rotatable bonds is 4. The van der Waals surface area contributed by atoms with Gasteiger partial charge in [-0.25, -0.2) is 15.0 Å². The van der Waals surface area contributed by atoms with Gasteiger partial charge >= 0.3 is 0 Å². The SMILES string of the molecule is c1ccc(-c2ccc3c(c2)oc2cccc(-c4nc(-c5ccccc5)nc(-c5ccc6ccc7oc8ccccc8c7c6c5)n4)c23)cc1. The van der Waals surface area contributed by atoms with E-state index in [-0.39, 0.29) is 0 Å². The molecule has 3 aromatic heterocycles. The largest absolute Gasteiger partial charge is 0.456 e. The highest BCUT2D eigenvalue weighted by molar-refractivity contribution is 6.19. The molecule has 0 fully saturated rings. The molecule has 0 unspecified atom stereocenters. The van der Waals surface area contributed by atoms with Gasteiger partial charge in [-0.1, -0.05) is 115 Å². The van der Waals surface area contributed by atoms with E-state index in [0.29, 0.717) is 17.5 Å². The van der Waals surface area contributed by atoms with Crippen LogP contribution in [0.5, 0.6) is 0 Å². The summed E-state index contributed by atoms with van der Waals surface area (Å²) in [6.45, 7) is 0. The first kappa shape index (κ1) is 26.6. The number of aromatic nitrogens is 3. The van der Waals surface area contributed by atoms with Crippen molar-refractivity contribution in [1.29, 1.82) is 0 Å². The van der Waals surface area contributed by atoms with Crippen LogP contribution in [0.15, 0.2) is 160 Å². The van der Waals surface area contributed by atoms with Gasteiger partial charge in [-0.15, -0.1) is 0 Å².